The average Bonchev–Trinajstić information content (AvgIpc) is 2.60. The zero-order valence-corrected chi connectivity index (χ0v) is 13.7. The van der Waals surface area contributed by atoms with Crippen LogP contribution in [0.2, 0.25) is 0 Å². The maximum absolute atomic E-state index is 11.9. The number of ether oxygens (including phenoxy) is 1. The van der Waals surface area contributed by atoms with Crippen molar-refractivity contribution in [2.24, 2.45) is 10.2 Å². The van der Waals surface area contributed by atoms with Crippen molar-refractivity contribution in [3.05, 3.63) is 60.7 Å². The molecule has 0 aliphatic carbocycles. The summed E-state index contributed by atoms with van der Waals surface area (Å²) in [6.45, 7) is 1.80. The summed E-state index contributed by atoms with van der Waals surface area (Å²) in [5.74, 6) is 0. The quantitative estimate of drug-likeness (QED) is 0.637. The van der Waals surface area contributed by atoms with Crippen molar-refractivity contribution in [2.75, 3.05) is 6.61 Å². The Kier molecular flexibility index (Phi) is 6.19. The summed E-state index contributed by atoms with van der Waals surface area (Å²) in [6.07, 6.45) is -1.82. The topological polar surface area (TPSA) is 77.3 Å². The van der Waals surface area contributed by atoms with Crippen LogP contribution in [-0.2, 0) is 9.16 Å². The highest BCUT2D eigenvalue weighted by Gasteiger charge is 2.22. The first kappa shape index (κ1) is 16.6. The molecular weight excluding hydrogens is 312 g/mol. The van der Waals surface area contributed by atoms with Gasteiger partial charge in [-0.2, -0.15) is 0 Å². The van der Waals surface area contributed by atoms with Gasteiger partial charge in [0, 0.05) is 0 Å². The fourth-order valence-corrected chi connectivity index (χ4v) is 3.99. The number of rotatable bonds is 4. The molecule has 0 aliphatic rings. The second-order valence-electron chi connectivity index (χ2n) is 4.48. The summed E-state index contributed by atoms with van der Waals surface area (Å²) in [7, 11) is -2.24. The van der Waals surface area contributed by atoms with Gasteiger partial charge in [0.05, 0.1) is 6.61 Å². The molecule has 2 rings (SSSR count). The van der Waals surface area contributed by atoms with Crippen LogP contribution in [0.5, 0.6) is 0 Å². The highest BCUT2D eigenvalue weighted by Crippen LogP contribution is 1.98. The van der Waals surface area contributed by atoms with E-state index in [1.54, 1.807) is 6.92 Å². The van der Waals surface area contributed by atoms with Crippen molar-refractivity contribution >= 4 is 31.6 Å². The summed E-state index contributed by atoms with van der Waals surface area (Å²) in [4.78, 5) is 22.9. The van der Waals surface area contributed by atoms with E-state index in [-0.39, 0.29) is 6.61 Å². The molecule has 0 unspecified atom stereocenters. The van der Waals surface area contributed by atoms with E-state index >= 15 is 0 Å². The van der Waals surface area contributed by atoms with Crippen LogP contribution in [-0.4, -0.2) is 27.8 Å². The maximum atomic E-state index is 11.9. The third kappa shape index (κ3) is 5.15. The number of hydrogen-bond acceptors (Lipinski definition) is 4. The summed E-state index contributed by atoms with van der Waals surface area (Å²) < 4.78 is 10.1. The first-order valence-electron chi connectivity index (χ1n) is 7.09. The van der Waals surface area contributed by atoms with E-state index in [9.17, 15) is 9.59 Å². The van der Waals surface area contributed by atoms with Gasteiger partial charge in [-0.15, -0.1) is 0 Å². The molecule has 2 aromatic rings. The van der Waals surface area contributed by atoms with Gasteiger partial charge >= 0.3 is 21.2 Å². The standard InChI is InChI=1S/C16H16N2O4Si/c1-2-21-15(19)17-18-16(20)22-23(13-9-5-3-6-10-13)14-11-7-4-8-12-14/h3-12,23H,2H2,1H3. The van der Waals surface area contributed by atoms with Crippen LogP contribution in [0.1, 0.15) is 6.92 Å². The molecule has 0 bridgehead atoms. The minimum Gasteiger partial charge on any atom is -0.495 e. The minimum atomic E-state index is -2.24. The number of nitrogens with zero attached hydrogens (tertiary/aromatic N) is 2. The van der Waals surface area contributed by atoms with Gasteiger partial charge in [0.1, 0.15) is 0 Å². The van der Waals surface area contributed by atoms with Gasteiger partial charge in [0.25, 0.3) is 0 Å². The molecule has 23 heavy (non-hydrogen) atoms. The Morgan fingerprint density at radius 2 is 1.35 bits per heavy atom. The molecule has 0 N–H and O–H groups in total. The van der Waals surface area contributed by atoms with Crippen molar-refractivity contribution < 1.29 is 18.8 Å². The van der Waals surface area contributed by atoms with E-state index in [4.69, 9.17) is 4.43 Å². The molecule has 0 spiro atoms. The second kappa shape index (κ2) is 8.59. The maximum Gasteiger partial charge on any atom is 0.452 e. The Morgan fingerprint density at radius 3 is 1.83 bits per heavy atom. The van der Waals surface area contributed by atoms with Gasteiger partial charge in [-0.3, -0.25) is 0 Å². The SMILES string of the molecule is CCOC(=O)N=NC(=O)O[SiH](c1ccccc1)c1ccccc1. The van der Waals surface area contributed by atoms with Crippen LogP contribution in [0.3, 0.4) is 0 Å². The number of carbonyl (C=O) groups is 2. The lowest BCUT2D eigenvalue weighted by molar-refractivity contribution is 0.160. The van der Waals surface area contributed by atoms with Crippen molar-refractivity contribution in [3.8, 4) is 0 Å². The van der Waals surface area contributed by atoms with Crippen molar-refractivity contribution in [3.63, 3.8) is 0 Å². The van der Waals surface area contributed by atoms with E-state index < -0.39 is 21.2 Å². The lowest BCUT2D eigenvalue weighted by Gasteiger charge is -2.15. The van der Waals surface area contributed by atoms with Crippen LogP contribution in [0, 0.1) is 0 Å². The zero-order chi connectivity index (χ0) is 16.5. The van der Waals surface area contributed by atoms with Gasteiger partial charge in [-0.05, 0) is 17.3 Å². The summed E-state index contributed by atoms with van der Waals surface area (Å²) >= 11 is 0. The molecule has 0 heterocycles. The minimum absolute atomic E-state index is 0.165. The lowest BCUT2D eigenvalue weighted by Crippen LogP contribution is -2.45. The Hall–Kier alpha value is -2.80. The predicted molar refractivity (Wildman–Crippen MR) is 87.7 cm³/mol. The van der Waals surface area contributed by atoms with Crippen molar-refractivity contribution in [1.82, 2.24) is 0 Å². The fraction of sp³-hybridized carbons (Fsp3) is 0.125. The smallest absolute Gasteiger partial charge is 0.452 e. The monoisotopic (exact) mass is 328 g/mol. The van der Waals surface area contributed by atoms with Crippen molar-refractivity contribution in [1.29, 1.82) is 0 Å². The Labute approximate surface area is 135 Å². The largest absolute Gasteiger partial charge is 0.495 e. The Morgan fingerprint density at radius 1 is 0.870 bits per heavy atom. The Bertz CT molecular complexity index is 637. The second-order valence-corrected chi connectivity index (χ2v) is 6.81. The van der Waals surface area contributed by atoms with Gasteiger partial charge in [0.15, 0.2) is 0 Å². The highest BCUT2D eigenvalue weighted by molar-refractivity contribution is 6.81. The fourth-order valence-electron chi connectivity index (χ4n) is 1.94. The van der Waals surface area contributed by atoms with E-state index in [0.29, 0.717) is 0 Å². The number of benzene rings is 2. The number of amides is 2. The molecule has 2 aromatic carbocycles. The molecule has 6 nitrogen and oxygen atoms in total. The van der Waals surface area contributed by atoms with Gasteiger partial charge in [-0.25, -0.2) is 9.59 Å². The molecule has 7 heteroatoms. The third-order valence-corrected chi connectivity index (χ3v) is 5.32. The van der Waals surface area contributed by atoms with Crippen molar-refractivity contribution in [2.45, 2.75) is 6.92 Å². The molecule has 0 radical (unpaired) electrons. The number of carbonyl (C=O) groups excluding carboxylic acids is 2. The van der Waals surface area contributed by atoms with E-state index in [0.717, 1.165) is 10.4 Å². The van der Waals surface area contributed by atoms with Gasteiger partial charge in [-0.1, -0.05) is 70.9 Å². The molecule has 0 fully saturated rings. The lowest BCUT2D eigenvalue weighted by atomic mass is 10.4. The summed E-state index contributed by atoms with van der Waals surface area (Å²) in [6, 6.07) is 18.9. The van der Waals surface area contributed by atoms with E-state index in [2.05, 4.69) is 15.0 Å². The van der Waals surface area contributed by atoms with Crippen LogP contribution in [0.15, 0.2) is 70.9 Å². The molecule has 0 saturated carbocycles. The highest BCUT2D eigenvalue weighted by atomic mass is 28.3. The molecule has 2 amide bonds. The number of azo groups is 1. The van der Waals surface area contributed by atoms with E-state index in [1.165, 1.54) is 0 Å². The molecule has 0 saturated heterocycles. The summed E-state index contributed by atoms with van der Waals surface area (Å²) in [5.41, 5.74) is 0. The molecular formula is C16H16N2O4Si. The van der Waals surface area contributed by atoms with Crippen LogP contribution in [0.4, 0.5) is 9.59 Å². The predicted octanol–water partition coefficient (Wildman–Crippen LogP) is 2.27. The molecule has 0 aliphatic heterocycles. The van der Waals surface area contributed by atoms with Crippen LogP contribution in [0.25, 0.3) is 0 Å². The average molecular weight is 328 g/mol. The Balaban J connectivity index is 2.16. The van der Waals surface area contributed by atoms with Crippen LogP contribution >= 0.6 is 0 Å². The van der Waals surface area contributed by atoms with Gasteiger partial charge in [0.2, 0.25) is 0 Å². The van der Waals surface area contributed by atoms with Gasteiger partial charge < -0.3 is 9.16 Å². The van der Waals surface area contributed by atoms with E-state index in [1.807, 2.05) is 60.7 Å². The molecule has 118 valence electrons. The third-order valence-electron chi connectivity index (χ3n) is 2.90. The number of hydrogen-bond donors (Lipinski definition) is 0. The normalized spacial score (nSPS) is 10.7. The first-order chi connectivity index (χ1) is 11.2. The first-order valence-corrected chi connectivity index (χ1v) is 8.72. The summed E-state index contributed by atoms with van der Waals surface area (Å²) in [5, 5.41) is 8.28. The molecule has 0 atom stereocenters. The van der Waals surface area contributed by atoms with Crippen LogP contribution < -0.4 is 10.4 Å². The zero-order valence-electron chi connectivity index (χ0n) is 12.6. The molecule has 0 aromatic heterocycles.